The molecule has 5 nitrogen and oxygen atoms in total. The highest BCUT2D eigenvalue weighted by molar-refractivity contribution is 5.81. The molecule has 2 atom stereocenters. The van der Waals surface area contributed by atoms with Gasteiger partial charge in [0.2, 0.25) is 5.91 Å². The molecule has 8 heteroatoms. The van der Waals surface area contributed by atoms with E-state index >= 15 is 0 Å². The molecule has 0 aliphatic carbocycles. The van der Waals surface area contributed by atoms with Gasteiger partial charge in [0, 0.05) is 19.1 Å². The maximum Gasteiger partial charge on any atom is 0.416 e. The van der Waals surface area contributed by atoms with Crippen molar-refractivity contribution in [2.45, 2.75) is 51.5 Å². The van der Waals surface area contributed by atoms with E-state index in [9.17, 15) is 22.8 Å². The summed E-state index contributed by atoms with van der Waals surface area (Å²) < 4.78 is 38.7. The summed E-state index contributed by atoms with van der Waals surface area (Å²) in [6, 6.07) is 14.2. The predicted molar refractivity (Wildman–Crippen MR) is 116 cm³/mol. The number of urea groups is 1. The zero-order valence-corrected chi connectivity index (χ0v) is 18.2. The zero-order chi connectivity index (χ0) is 23.3. The smallest absolute Gasteiger partial charge is 0.352 e. The number of piperidine rings is 1. The quantitative estimate of drug-likeness (QED) is 0.685. The molecule has 1 heterocycles. The van der Waals surface area contributed by atoms with Crippen LogP contribution in [0.2, 0.25) is 0 Å². The molecule has 1 aliphatic rings. The van der Waals surface area contributed by atoms with Crippen molar-refractivity contribution in [2.75, 3.05) is 6.54 Å². The van der Waals surface area contributed by atoms with Gasteiger partial charge >= 0.3 is 12.2 Å². The summed E-state index contributed by atoms with van der Waals surface area (Å²) in [7, 11) is 0. The fraction of sp³-hybridized carbons (Fsp3) is 0.417. The summed E-state index contributed by atoms with van der Waals surface area (Å²) in [6.45, 7) is 3.99. The zero-order valence-electron chi connectivity index (χ0n) is 18.2. The third-order valence-corrected chi connectivity index (χ3v) is 5.53. The van der Waals surface area contributed by atoms with E-state index in [2.05, 4.69) is 10.6 Å². The van der Waals surface area contributed by atoms with Crippen molar-refractivity contribution in [1.82, 2.24) is 15.5 Å². The highest BCUT2D eigenvalue weighted by atomic mass is 19.4. The van der Waals surface area contributed by atoms with E-state index in [0.29, 0.717) is 18.4 Å². The number of alkyl halides is 3. The van der Waals surface area contributed by atoms with Crippen LogP contribution in [0.3, 0.4) is 0 Å². The van der Waals surface area contributed by atoms with Crippen molar-refractivity contribution in [3.63, 3.8) is 0 Å². The fourth-order valence-corrected chi connectivity index (χ4v) is 3.95. The van der Waals surface area contributed by atoms with Crippen LogP contribution in [0.4, 0.5) is 18.0 Å². The van der Waals surface area contributed by atoms with Gasteiger partial charge in [0.15, 0.2) is 0 Å². The van der Waals surface area contributed by atoms with Crippen molar-refractivity contribution in [2.24, 2.45) is 5.92 Å². The monoisotopic (exact) mass is 447 g/mol. The van der Waals surface area contributed by atoms with E-state index in [0.717, 1.165) is 17.7 Å². The second-order valence-corrected chi connectivity index (χ2v) is 8.37. The fourth-order valence-electron chi connectivity index (χ4n) is 3.95. The number of rotatable bonds is 5. The van der Waals surface area contributed by atoms with Crippen LogP contribution >= 0.6 is 0 Å². The Hall–Kier alpha value is -3.03. The highest BCUT2D eigenvalue weighted by Gasteiger charge is 2.36. The molecule has 2 unspecified atom stereocenters. The van der Waals surface area contributed by atoms with E-state index in [1.54, 1.807) is 11.0 Å². The highest BCUT2D eigenvalue weighted by Crippen LogP contribution is 2.34. The second kappa shape index (κ2) is 10.1. The number of carbonyl (C=O) groups excluding carboxylic acids is 2. The normalized spacial score (nSPS) is 19.0. The number of nitrogens with one attached hydrogen (secondary N) is 2. The molecule has 2 aromatic rings. The molecule has 0 saturated carbocycles. The Morgan fingerprint density at radius 2 is 1.78 bits per heavy atom. The van der Waals surface area contributed by atoms with E-state index < -0.39 is 17.7 Å². The summed E-state index contributed by atoms with van der Waals surface area (Å²) in [5.41, 5.74) is 0.638. The average molecular weight is 448 g/mol. The van der Waals surface area contributed by atoms with Crippen molar-refractivity contribution in [3.8, 4) is 0 Å². The van der Waals surface area contributed by atoms with Crippen LogP contribution < -0.4 is 10.6 Å². The topological polar surface area (TPSA) is 61.4 Å². The van der Waals surface area contributed by atoms with Gasteiger partial charge in [0.1, 0.15) is 0 Å². The maximum absolute atomic E-state index is 12.9. The van der Waals surface area contributed by atoms with E-state index in [4.69, 9.17) is 0 Å². The van der Waals surface area contributed by atoms with Gasteiger partial charge in [-0.2, -0.15) is 13.2 Å². The van der Waals surface area contributed by atoms with Gasteiger partial charge in [-0.05, 0) is 49.9 Å². The molecule has 0 bridgehead atoms. The number of amides is 3. The number of carbonyl (C=O) groups is 2. The molecule has 1 fully saturated rings. The first kappa shape index (κ1) is 23.6. The van der Waals surface area contributed by atoms with Crippen molar-refractivity contribution in [3.05, 3.63) is 71.3 Å². The van der Waals surface area contributed by atoms with Crippen LogP contribution in [0.5, 0.6) is 0 Å². The van der Waals surface area contributed by atoms with Crippen LogP contribution in [-0.2, 0) is 17.5 Å². The van der Waals surface area contributed by atoms with Crippen LogP contribution in [0.25, 0.3) is 0 Å². The first-order chi connectivity index (χ1) is 15.1. The lowest BCUT2D eigenvalue weighted by molar-refractivity contribution is -0.137. The molecule has 0 radical (unpaired) electrons. The summed E-state index contributed by atoms with van der Waals surface area (Å²) >= 11 is 0. The largest absolute Gasteiger partial charge is 0.416 e. The lowest BCUT2D eigenvalue weighted by atomic mass is 9.88. The van der Waals surface area contributed by atoms with Crippen LogP contribution in [0.15, 0.2) is 54.6 Å². The summed E-state index contributed by atoms with van der Waals surface area (Å²) in [6.07, 6.45) is -3.23. The molecular formula is C24H28F3N3O2. The Morgan fingerprint density at radius 3 is 2.44 bits per heavy atom. The first-order valence-corrected chi connectivity index (χ1v) is 10.7. The Labute approximate surface area is 186 Å². The predicted octanol–water partition coefficient (Wildman–Crippen LogP) is 4.89. The average Bonchev–Trinajstić information content (AvgIpc) is 2.77. The summed E-state index contributed by atoms with van der Waals surface area (Å²) in [5, 5.41) is 5.64. The standard InChI is InChI=1S/C24H28F3N3O2/c1-16(2)29-23(32)30-15-19(11-12-21(30)18-8-4-3-5-9-18)22(31)28-14-17-7-6-10-20(13-17)24(25,26)27/h3-10,13,16,19,21H,11-12,14-15H2,1-2H3,(H,28,31)(H,29,32). The van der Waals surface area contributed by atoms with E-state index in [-0.39, 0.29) is 37.1 Å². The van der Waals surface area contributed by atoms with Gasteiger partial charge < -0.3 is 15.5 Å². The summed E-state index contributed by atoms with van der Waals surface area (Å²) in [4.78, 5) is 27.3. The minimum Gasteiger partial charge on any atom is -0.352 e. The third kappa shape index (κ3) is 6.02. The molecule has 2 aromatic carbocycles. The second-order valence-electron chi connectivity index (χ2n) is 8.37. The molecule has 1 saturated heterocycles. The number of nitrogens with zero attached hydrogens (tertiary/aromatic N) is 1. The molecule has 0 spiro atoms. The van der Waals surface area contributed by atoms with E-state index in [1.807, 2.05) is 44.2 Å². The Kier molecular flexibility index (Phi) is 7.43. The number of hydrogen-bond donors (Lipinski definition) is 2. The lowest BCUT2D eigenvalue weighted by Crippen LogP contribution is -2.51. The van der Waals surface area contributed by atoms with Gasteiger partial charge in [-0.3, -0.25) is 4.79 Å². The van der Waals surface area contributed by atoms with Crippen LogP contribution in [0.1, 0.15) is 49.4 Å². The molecule has 0 aromatic heterocycles. The van der Waals surface area contributed by atoms with E-state index in [1.165, 1.54) is 6.07 Å². The molecule has 32 heavy (non-hydrogen) atoms. The molecule has 1 aliphatic heterocycles. The molecule has 2 N–H and O–H groups in total. The first-order valence-electron chi connectivity index (χ1n) is 10.7. The van der Waals surface area contributed by atoms with Gasteiger partial charge in [0.25, 0.3) is 0 Å². The number of benzene rings is 2. The Balaban J connectivity index is 1.68. The molecule has 172 valence electrons. The number of hydrogen-bond acceptors (Lipinski definition) is 2. The molecule has 3 rings (SSSR count). The van der Waals surface area contributed by atoms with Gasteiger partial charge in [-0.15, -0.1) is 0 Å². The Morgan fingerprint density at radius 1 is 1.06 bits per heavy atom. The molecule has 3 amide bonds. The van der Waals surface area contributed by atoms with Crippen LogP contribution in [-0.4, -0.2) is 29.4 Å². The third-order valence-electron chi connectivity index (χ3n) is 5.53. The minimum absolute atomic E-state index is 0.000439. The number of likely N-dealkylation sites (tertiary alicyclic amines) is 1. The number of halogens is 3. The van der Waals surface area contributed by atoms with Crippen molar-refractivity contribution in [1.29, 1.82) is 0 Å². The van der Waals surface area contributed by atoms with Crippen molar-refractivity contribution >= 4 is 11.9 Å². The maximum atomic E-state index is 12.9. The van der Waals surface area contributed by atoms with Gasteiger partial charge in [-0.1, -0.05) is 42.5 Å². The molecular weight excluding hydrogens is 419 g/mol. The van der Waals surface area contributed by atoms with Crippen LogP contribution in [0, 0.1) is 5.92 Å². The Bertz CT molecular complexity index is 932. The van der Waals surface area contributed by atoms with Crippen molar-refractivity contribution < 1.29 is 22.8 Å². The lowest BCUT2D eigenvalue weighted by Gasteiger charge is -2.39. The summed E-state index contributed by atoms with van der Waals surface area (Å²) in [5.74, 6) is -0.699. The SMILES string of the molecule is CC(C)NC(=O)N1CC(C(=O)NCc2cccc(C(F)(F)F)c2)CCC1c1ccccc1. The minimum atomic E-state index is -4.43. The van der Waals surface area contributed by atoms with Gasteiger partial charge in [0.05, 0.1) is 17.5 Å². The van der Waals surface area contributed by atoms with Gasteiger partial charge in [-0.25, -0.2) is 4.79 Å².